The van der Waals surface area contributed by atoms with Crippen LogP contribution in [0.4, 0.5) is 0 Å². The van der Waals surface area contributed by atoms with Crippen LogP contribution in [0.1, 0.15) is 39.5 Å². The van der Waals surface area contributed by atoms with Gasteiger partial charge in [0.15, 0.2) is 0 Å². The van der Waals surface area contributed by atoms with Gasteiger partial charge in [-0.15, -0.1) is 0 Å². The van der Waals surface area contributed by atoms with Gasteiger partial charge < -0.3 is 4.90 Å². The van der Waals surface area contributed by atoms with Crippen LogP contribution in [0, 0.1) is 0 Å². The first kappa shape index (κ1) is 16.2. The van der Waals surface area contributed by atoms with E-state index in [1.54, 1.807) is 4.31 Å². The summed E-state index contributed by atoms with van der Waals surface area (Å²) in [4.78, 5) is 16.8. The van der Waals surface area contributed by atoms with E-state index in [2.05, 4.69) is 18.7 Å². The summed E-state index contributed by atoms with van der Waals surface area (Å²) in [6.07, 6.45) is 3.56. The molecule has 1 saturated carbocycles. The van der Waals surface area contributed by atoms with Crippen molar-refractivity contribution >= 4 is 15.9 Å². The lowest BCUT2D eigenvalue weighted by Gasteiger charge is -2.43. The standard InChI is InChI=1S/C15H27N3O3S/c1-12(2)18-7-3-4-14(15(18)19)16-8-10-17(11-9-16)22(20,21)13-5-6-13/h12-14H,3-11H2,1-2H3. The lowest BCUT2D eigenvalue weighted by Crippen LogP contribution is -2.59. The second kappa shape index (κ2) is 6.09. The summed E-state index contributed by atoms with van der Waals surface area (Å²) in [5.74, 6) is 0.222. The summed E-state index contributed by atoms with van der Waals surface area (Å²) >= 11 is 0. The first-order valence-corrected chi connectivity index (χ1v) is 9.95. The summed E-state index contributed by atoms with van der Waals surface area (Å²) in [5.41, 5.74) is 0. The lowest BCUT2D eigenvalue weighted by atomic mass is 10.0. The summed E-state index contributed by atoms with van der Waals surface area (Å²) in [7, 11) is -3.07. The van der Waals surface area contributed by atoms with Crippen molar-refractivity contribution in [1.29, 1.82) is 0 Å². The molecule has 0 aromatic carbocycles. The zero-order valence-corrected chi connectivity index (χ0v) is 14.4. The van der Waals surface area contributed by atoms with Crippen LogP contribution in [-0.4, -0.2) is 78.5 Å². The number of sulfonamides is 1. The molecule has 1 aliphatic carbocycles. The molecule has 1 unspecified atom stereocenters. The Morgan fingerprint density at radius 2 is 1.64 bits per heavy atom. The predicted octanol–water partition coefficient (Wildman–Crippen LogP) is 0.496. The Labute approximate surface area is 133 Å². The number of nitrogens with zero attached hydrogens (tertiary/aromatic N) is 3. The lowest BCUT2D eigenvalue weighted by molar-refractivity contribution is -0.142. The highest BCUT2D eigenvalue weighted by atomic mass is 32.2. The number of piperazine rings is 1. The second-order valence-corrected chi connectivity index (χ2v) is 9.18. The highest BCUT2D eigenvalue weighted by Crippen LogP contribution is 2.31. The molecular formula is C15H27N3O3S. The van der Waals surface area contributed by atoms with E-state index >= 15 is 0 Å². The van der Waals surface area contributed by atoms with Gasteiger partial charge in [0.2, 0.25) is 15.9 Å². The molecule has 3 aliphatic rings. The van der Waals surface area contributed by atoms with Gasteiger partial charge in [0.05, 0.1) is 11.3 Å². The van der Waals surface area contributed by atoms with Crippen molar-refractivity contribution in [3.63, 3.8) is 0 Å². The fourth-order valence-corrected chi connectivity index (χ4v) is 5.40. The number of likely N-dealkylation sites (tertiary alicyclic amines) is 1. The van der Waals surface area contributed by atoms with Crippen LogP contribution in [0.5, 0.6) is 0 Å². The Kier molecular flexibility index (Phi) is 4.49. The molecule has 1 atom stereocenters. The predicted molar refractivity (Wildman–Crippen MR) is 85.0 cm³/mol. The molecule has 0 aromatic heterocycles. The largest absolute Gasteiger partial charge is 0.339 e. The average molecular weight is 329 g/mol. The quantitative estimate of drug-likeness (QED) is 0.753. The molecule has 0 bridgehead atoms. The van der Waals surface area contributed by atoms with Crippen molar-refractivity contribution in [3.05, 3.63) is 0 Å². The Morgan fingerprint density at radius 1 is 1.00 bits per heavy atom. The van der Waals surface area contributed by atoms with Crippen LogP contribution < -0.4 is 0 Å². The molecule has 6 nitrogen and oxygen atoms in total. The van der Waals surface area contributed by atoms with Crippen LogP contribution in [0.25, 0.3) is 0 Å². The van der Waals surface area contributed by atoms with Crippen LogP contribution in [-0.2, 0) is 14.8 Å². The zero-order chi connectivity index (χ0) is 15.9. The van der Waals surface area contributed by atoms with Crippen molar-refractivity contribution in [2.45, 2.75) is 56.9 Å². The van der Waals surface area contributed by atoms with E-state index in [-0.39, 0.29) is 23.2 Å². The van der Waals surface area contributed by atoms with E-state index in [1.807, 2.05) is 4.90 Å². The third kappa shape index (κ3) is 3.03. The average Bonchev–Trinajstić information content (AvgIpc) is 3.32. The molecule has 2 aliphatic heterocycles. The molecule has 3 fully saturated rings. The van der Waals surface area contributed by atoms with Crippen molar-refractivity contribution in [1.82, 2.24) is 14.1 Å². The maximum atomic E-state index is 12.6. The SMILES string of the molecule is CC(C)N1CCCC(N2CCN(S(=O)(=O)C3CC3)CC2)C1=O. The van der Waals surface area contributed by atoms with Gasteiger partial charge in [-0.05, 0) is 39.5 Å². The minimum atomic E-state index is -3.07. The number of carbonyl (C=O) groups excluding carboxylic acids is 1. The molecule has 0 aromatic rings. The Bertz CT molecular complexity index is 522. The maximum absolute atomic E-state index is 12.6. The topological polar surface area (TPSA) is 60.9 Å². The maximum Gasteiger partial charge on any atom is 0.240 e. The molecule has 3 rings (SSSR count). The molecule has 126 valence electrons. The molecule has 0 N–H and O–H groups in total. The van der Waals surface area contributed by atoms with E-state index in [0.29, 0.717) is 26.2 Å². The van der Waals surface area contributed by atoms with Gasteiger partial charge >= 0.3 is 0 Å². The Morgan fingerprint density at radius 3 is 2.18 bits per heavy atom. The van der Waals surface area contributed by atoms with E-state index < -0.39 is 10.0 Å². The molecule has 0 radical (unpaired) electrons. The monoisotopic (exact) mass is 329 g/mol. The molecule has 1 amide bonds. The van der Waals surface area contributed by atoms with E-state index in [4.69, 9.17) is 0 Å². The minimum Gasteiger partial charge on any atom is -0.339 e. The highest BCUT2D eigenvalue weighted by molar-refractivity contribution is 7.90. The van der Waals surface area contributed by atoms with Gasteiger partial charge in [0.1, 0.15) is 0 Å². The number of rotatable bonds is 4. The van der Waals surface area contributed by atoms with Crippen molar-refractivity contribution in [3.8, 4) is 0 Å². The molecule has 2 heterocycles. The van der Waals surface area contributed by atoms with E-state index in [1.165, 1.54) is 0 Å². The number of piperidine rings is 1. The fraction of sp³-hybridized carbons (Fsp3) is 0.933. The van der Waals surface area contributed by atoms with Crippen LogP contribution in [0.15, 0.2) is 0 Å². The molecule has 7 heteroatoms. The Hall–Kier alpha value is -0.660. The number of hydrogen-bond donors (Lipinski definition) is 0. The summed E-state index contributed by atoms with van der Waals surface area (Å²) in [5, 5.41) is -0.133. The van der Waals surface area contributed by atoms with Crippen LogP contribution in [0.2, 0.25) is 0 Å². The second-order valence-electron chi connectivity index (χ2n) is 6.96. The van der Waals surface area contributed by atoms with Crippen molar-refractivity contribution in [2.24, 2.45) is 0 Å². The van der Waals surface area contributed by atoms with Crippen LogP contribution in [0.3, 0.4) is 0 Å². The number of amides is 1. The molecule has 2 saturated heterocycles. The molecule has 0 spiro atoms. The summed E-state index contributed by atoms with van der Waals surface area (Å²) in [6.45, 7) is 7.38. The van der Waals surface area contributed by atoms with Gasteiger partial charge in [-0.1, -0.05) is 0 Å². The fourth-order valence-electron chi connectivity index (χ4n) is 3.58. The smallest absolute Gasteiger partial charge is 0.240 e. The highest BCUT2D eigenvalue weighted by Gasteiger charge is 2.42. The zero-order valence-electron chi connectivity index (χ0n) is 13.6. The number of carbonyl (C=O) groups is 1. The van der Waals surface area contributed by atoms with Gasteiger partial charge in [-0.25, -0.2) is 8.42 Å². The number of hydrogen-bond acceptors (Lipinski definition) is 4. The first-order valence-electron chi connectivity index (χ1n) is 8.44. The third-order valence-electron chi connectivity index (χ3n) is 5.09. The van der Waals surface area contributed by atoms with Gasteiger partial charge in [-0.2, -0.15) is 4.31 Å². The summed E-state index contributed by atoms with van der Waals surface area (Å²) < 4.78 is 26.2. The minimum absolute atomic E-state index is 0.0538. The molecular weight excluding hydrogens is 302 g/mol. The Balaban J connectivity index is 1.60. The van der Waals surface area contributed by atoms with Crippen molar-refractivity contribution < 1.29 is 13.2 Å². The van der Waals surface area contributed by atoms with E-state index in [9.17, 15) is 13.2 Å². The van der Waals surface area contributed by atoms with Crippen LogP contribution >= 0.6 is 0 Å². The van der Waals surface area contributed by atoms with Gasteiger partial charge in [0.25, 0.3) is 0 Å². The third-order valence-corrected chi connectivity index (χ3v) is 7.49. The van der Waals surface area contributed by atoms with Crippen molar-refractivity contribution in [2.75, 3.05) is 32.7 Å². The van der Waals surface area contributed by atoms with Gasteiger partial charge in [-0.3, -0.25) is 9.69 Å². The van der Waals surface area contributed by atoms with E-state index in [0.717, 1.165) is 32.2 Å². The van der Waals surface area contributed by atoms with Gasteiger partial charge in [0, 0.05) is 38.8 Å². The normalized spacial score (nSPS) is 29.3. The first-order chi connectivity index (χ1) is 10.4. The summed E-state index contributed by atoms with van der Waals surface area (Å²) in [6, 6.07) is 0.189. The molecule has 22 heavy (non-hydrogen) atoms.